The van der Waals surface area contributed by atoms with E-state index in [-0.39, 0.29) is 6.04 Å². The first kappa shape index (κ1) is 11.0. The molecule has 0 aliphatic carbocycles. The van der Waals surface area contributed by atoms with Crippen LogP contribution in [0.4, 0.5) is 0 Å². The molecule has 3 heteroatoms. The van der Waals surface area contributed by atoms with Crippen molar-refractivity contribution in [1.82, 2.24) is 10.4 Å². The Morgan fingerprint density at radius 3 is 2.94 bits per heavy atom. The van der Waals surface area contributed by atoms with E-state index >= 15 is 0 Å². The normalized spacial score (nSPS) is 12.9. The standard InChI is InChI=1S/C13H17N3/c1-2-5-13(16-14)11-8-10-6-3-4-7-12(10)15-9-11/h3-4,6-9,13,16H,2,5,14H2,1H3. The Bertz CT molecular complexity index is 467. The molecule has 3 N–H and O–H groups in total. The summed E-state index contributed by atoms with van der Waals surface area (Å²) in [5.74, 6) is 5.56. The molecule has 0 saturated carbocycles. The van der Waals surface area contributed by atoms with Gasteiger partial charge in [0.05, 0.1) is 5.52 Å². The van der Waals surface area contributed by atoms with Gasteiger partial charge in [-0.3, -0.25) is 16.3 Å². The fourth-order valence-electron chi connectivity index (χ4n) is 1.91. The fraction of sp³-hybridized carbons (Fsp3) is 0.308. The SMILES string of the molecule is CCCC(NN)c1cnc2ccccc2c1. The molecule has 0 fully saturated rings. The fourth-order valence-corrected chi connectivity index (χ4v) is 1.91. The summed E-state index contributed by atoms with van der Waals surface area (Å²) in [6.45, 7) is 2.15. The third-order valence-corrected chi connectivity index (χ3v) is 2.79. The number of nitrogens with one attached hydrogen (secondary N) is 1. The van der Waals surface area contributed by atoms with Crippen LogP contribution in [-0.4, -0.2) is 4.98 Å². The van der Waals surface area contributed by atoms with Gasteiger partial charge in [-0.05, 0) is 24.1 Å². The van der Waals surface area contributed by atoms with Gasteiger partial charge < -0.3 is 0 Å². The Hall–Kier alpha value is -1.45. The molecule has 0 amide bonds. The predicted octanol–water partition coefficient (Wildman–Crippen LogP) is 2.54. The van der Waals surface area contributed by atoms with Crippen molar-refractivity contribution in [3.63, 3.8) is 0 Å². The number of hydrogen-bond donors (Lipinski definition) is 2. The van der Waals surface area contributed by atoms with E-state index in [9.17, 15) is 0 Å². The van der Waals surface area contributed by atoms with Gasteiger partial charge in [0, 0.05) is 17.6 Å². The van der Waals surface area contributed by atoms with Gasteiger partial charge in [-0.1, -0.05) is 31.5 Å². The number of benzene rings is 1. The summed E-state index contributed by atoms with van der Waals surface area (Å²) in [6.07, 6.45) is 4.03. The van der Waals surface area contributed by atoms with Crippen molar-refractivity contribution in [3.8, 4) is 0 Å². The van der Waals surface area contributed by atoms with Crippen LogP contribution in [0, 0.1) is 0 Å². The summed E-state index contributed by atoms with van der Waals surface area (Å²) in [5.41, 5.74) is 5.03. The Morgan fingerprint density at radius 2 is 2.19 bits per heavy atom. The molecule has 1 unspecified atom stereocenters. The zero-order chi connectivity index (χ0) is 11.4. The molecule has 1 aromatic carbocycles. The maximum atomic E-state index is 5.56. The molecular formula is C13H17N3. The third-order valence-electron chi connectivity index (χ3n) is 2.79. The lowest BCUT2D eigenvalue weighted by Gasteiger charge is -2.15. The molecular weight excluding hydrogens is 198 g/mol. The first-order valence-corrected chi connectivity index (χ1v) is 5.66. The summed E-state index contributed by atoms with van der Waals surface area (Å²) in [6, 6.07) is 10.5. The minimum atomic E-state index is 0.196. The summed E-state index contributed by atoms with van der Waals surface area (Å²) in [5, 5.41) is 1.16. The Labute approximate surface area is 95.7 Å². The molecule has 0 saturated heterocycles. The van der Waals surface area contributed by atoms with E-state index in [1.807, 2.05) is 24.4 Å². The molecule has 0 radical (unpaired) electrons. The molecule has 2 aromatic rings. The van der Waals surface area contributed by atoms with Crippen molar-refractivity contribution in [2.45, 2.75) is 25.8 Å². The first-order valence-electron chi connectivity index (χ1n) is 5.66. The van der Waals surface area contributed by atoms with E-state index in [0.717, 1.165) is 29.3 Å². The summed E-state index contributed by atoms with van der Waals surface area (Å²) < 4.78 is 0. The predicted molar refractivity (Wildman–Crippen MR) is 66.7 cm³/mol. The first-order chi connectivity index (χ1) is 7.85. The minimum absolute atomic E-state index is 0.196. The van der Waals surface area contributed by atoms with Crippen LogP contribution in [0.25, 0.3) is 10.9 Å². The monoisotopic (exact) mass is 215 g/mol. The Morgan fingerprint density at radius 1 is 1.38 bits per heavy atom. The second-order valence-corrected chi connectivity index (χ2v) is 3.97. The van der Waals surface area contributed by atoms with Crippen LogP contribution in [0.5, 0.6) is 0 Å². The van der Waals surface area contributed by atoms with Crippen LogP contribution in [0.3, 0.4) is 0 Å². The molecule has 16 heavy (non-hydrogen) atoms. The molecule has 2 rings (SSSR count). The van der Waals surface area contributed by atoms with Crippen molar-refractivity contribution in [2.24, 2.45) is 5.84 Å². The van der Waals surface area contributed by atoms with Crippen LogP contribution < -0.4 is 11.3 Å². The van der Waals surface area contributed by atoms with E-state index in [1.165, 1.54) is 0 Å². The smallest absolute Gasteiger partial charge is 0.0702 e. The highest BCUT2D eigenvalue weighted by Crippen LogP contribution is 2.20. The lowest BCUT2D eigenvalue weighted by atomic mass is 10.0. The quantitative estimate of drug-likeness (QED) is 0.608. The summed E-state index contributed by atoms with van der Waals surface area (Å²) >= 11 is 0. The summed E-state index contributed by atoms with van der Waals surface area (Å²) in [4.78, 5) is 4.44. The lowest BCUT2D eigenvalue weighted by molar-refractivity contribution is 0.509. The van der Waals surface area contributed by atoms with Gasteiger partial charge in [-0.25, -0.2) is 0 Å². The second kappa shape index (κ2) is 5.05. The van der Waals surface area contributed by atoms with Crippen molar-refractivity contribution in [3.05, 3.63) is 42.1 Å². The molecule has 3 nitrogen and oxygen atoms in total. The minimum Gasteiger partial charge on any atom is -0.271 e. The Kier molecular flexibility index (Phi) is 3.49. The van der Waals surface area contributed by atoms with Gasteiger partial charge in [0.15, 0.2) is 0 Å². The number of pyridine rings is 1. The van der Waals surface area contributed by atoms with Crippen LogP contribution >= 0.6 is 0 Å². The zero-order valence-corrected chi connectivity index (χ0v) is 9.48. The number of para-hydroxylation sites is 1. The van der Waals surface area contributed by atoms with Gasteiger partial charge in [0.2, 0.25) is 0 Å². The van der Waals surface area contributed by atoms with Gasteiger partial charge >= 0.3 is 0 Å². The van der Waals surface area contributed by atoms with E-state index < -0.39 is 0 Å². The van der Waals surface area contributed by atoms with Gasteiger partial charge in [-0.2, -0.15) is 0 Å². The molecule has 0 bridgehead atoms. The van der Waals surface area contributed by atoms with Crippen LogP contribution in [0.15, 0.2) is 36.5 Å². The molecule has 1 heterocycles. The van der Waals surface area contributed by atoms with Crippen molar-refractivity contribution in [1.29, 1.82) is 0 Å². The van der Waals surface area contributed by atoms with Gasteiger partial charge in [-0.15, -0.1) is 0 Å². The van der Waals surface area contributed by atoms with Crippen LogP contribution in [-0.2, 0) is 0 Å². The van der Waals surface area contributed by atoms with E-state index in [1.54, 1.807) is 0 Å². The third kappa shape index (κ3) is 2.21. The zero-order valence-electron chi connectivity index (χ0n) is 9.48. The largest absolute Gasteiger partial charge is 0.271 e. The number of nitrogens with two attached hydrogens (primary N) is 1. The molecule has 0 spiro atoms. The average molecular weight is 215 g/mol. The summed E-state index contributed by atoms with van der Waals surface area (Å²) in [7, 11) is 0. The number of hydrogen-bond acceptors (Lipinski definition) is 3. The van der Waals surface area contributed by atoms with E-state index in [4.69, 9.17) is 5.84 Å². The van der Waals surface area contributed by atoms with Gasteiger partial charge in [0.1, 0.15) is 0 Å². The maximum absolute atomic E-state index is 5.56. The van der Waals surface area contributed by atoms with Crippen molar-refractivity contribution < 1.29 is 0 Å². The number of fused-ring (bicyclic) bond motifs is 1. The van der Waals surface area contributed by atoms with Crippen molar-refractivity contribution in [2.75, 3.05) is 0 Å². The molecule has 84 valence electrons. The van der Waals surface area contributed by atoms with Gasteiger partial charge in [0.25, 0.3) is 0 Å². The average Bonchev–Trinajstić information content (AvgIpc) is 2.35. The number of nitrogens with zero attached hydrogens (tertiary/aromatic N) is 1. The molecule has 1 atom stereocenters. The highest BCUT2D eigenvalue weighted by atomic mass is 15.2. The number of hydrazine groups is 1. The number of aromatic nitrogens is 1. The second-order valence-electron chi connectivity index (χ2n) is 3.97. The van der Waals surface area contributed by atoms with E-state index in [0.29, 0.717) is 0 Å². The Balaban J connectivity index is 2.37. The lowest BCUT2D eigenvalue weighted by Crippen LogP contribution is -2.27. The van der Waals surface area contributed by atoms with Crippen LogP contribution in [0.2, 0.25) is 0 Å². The van der Waals surface area contributed by atoms with E-state index in [2.05, 4.69) is 29.5 Å². The maximum Gasteiger partial charge on any atom is 0.0702 e. The van der Waals surface area contributed by atoms with Crippen molar-refractivity contribution >= 4 is 10.9 Å². The molecule has 1 aromatic heterocycles. The topological polar surface area (TPSA) is 50.9 Å². The molecule has 0 aliphatic rings. The highest BCUT2D eigenvalue weighted by Gasteiger charge is 2.09. The highest BCUT2D eigenvalue weighted by molar-refractivity contribution is 5.78. The number of rotatable bonds is 4. The molecule has 0 aliphatic heterocycles. The van der Waals surface area contributed by atoms with Crippen LogP contribution in [0.1, 0.15) is 31.4 Å².